The zero-order valence-electron chi connectivity index (χ0n) is 11.5. The summed E-state index contributed by atoms with van der Waals surface area (Å²) in [5.41, 5.74) is 3.31. The molecule has 5 heteroatoms. The molecule has 0 spiro atoms. The molecule has 18 heavy (non-hydrogen) atoms. The maximum atomic E-state index is 4.42. The summed E-state index contributed by atoms with van der Waals surface area (Å²) in [6.45, 7) is 10.0. The first-order valence-corrected chi connectivity index (χ1v) is 6.42. The molecule has 0 unspecified atom stereocenters. The zero-order chi connectivity index (χ0) is 13.1. The van der Waals surface area contributed by atoms with Crippen LogP contribution in [0.1, 0.15) is 38.2 Å². The van der Waals surface area contributed by atoms with E-state index in [1.807, 2.05) is 34.7 Å². The van der Waals surface area contributed by atoms with Crippen molar-refractivity contribution in [3.63, 3.8) is 0 Å². The van der Waals surface area contributed by atoms with Gasteiger partial charge in [0.1, 0.15) is 0 Å². The van der Waals surface area contributed by atoms with Gasteiger partial charge in [-0.2, -0.15) is 10.2 Å². The van der Waals surface area contributed by atoms with Crippen LogP contribution in [-0.4, -0.2) is 19.6 Å². The van der Waals surface area contributed by atoms with Crippen molar-refractivity contribution in [3.05, 3.63) is 29.8 Å². The predicted molar refractivity (Wildman–Crippen MR) is 72.6 cm³/mol. The van der Waals surface area contributed by atoms with Crippen LogP contribution in [0.25, 0.3) is 0 Å². The highest BCUT2D eigenvalue weighted by molar-refractivity contribution is 5.45. The molecule has 5 nitrogen and oxygen atoms in total. The van der Waals surface area contributed by atoms with Gasteiger partial charge in [-0.1, -0.05) is 0 Å². The van der Waals surface area contributed by atoms with E-state index >= 15 is 0 Å². The molecule has 0 bridgehead atoms. The molecule has 0 amide bonds. The van der Waals surface area contributed by atoms with Crippen LogP contribution in [0.5, 0.6) is 0 Å². The third kappa shape index (κ3) is 2.55. The monoisotopic (exact) mass is 247 g/mol. The van der Waals surface area contributed by atoms with E-state index in [0.29, 0.717) is 6.04 Å². The lowest BCUT2D eigenvalue weighted by atomic mass is 10.3. The second-order valence-electron chi connectivity index (χ2n) is 4.70. The molecule has 2 heterocycles. The summed E-state index contributed by atoms with van der Waals surface area (Å²) in [5, 5.41) is 12.2. The third-order valence-electron chi connectivity index (χ3n) is 2.97. The standard InChI is InChI=1S/C13H21N5/c1-5-17-9-13(11(4)16-17)14-8-12-6-7-15-18(12)10(2)3/h6-7,9-10,14H,5,8H2,1-4H3. The maximum Gasteiger partial charge on any atom is 0.0825 e. The Labute approximate surface area is 108 Å². The molecule has 0 aliphatic heterocycles. The lowest BCUT2D eigenvalue weighted by molar-refractivity contribution is 0.512. The van der Waals surface area contributed by atoms with Crippen LogP contribution in [0.3, 0.4) is 0 Å². The maximum absolute atomic E-state index is 4.42. The van der Waals surface area contributed by atoms with Crippen molar-refractivity contribution < 1.29 is 0 Å². The molecule has 0 aliphatic carbocycles. The van der Waals surface area contributed by atoms with Crippen LogP contribution < -0.4 is 5.32 Å². The first-order valence-electron chi connectivity index (χ1n) is 6.42. The van der Waals surface area contributed by atoms with Gasteiger partial charge in [0, 0.05) is 25.0 Å². The molecule has 1 N–H and O–H groups in total. The highest BCUT2D eigenvalue weighted by atomic mass is 15.3. The number of nitrogens with one attached hydrogen (secondary N) is 1. The molecular weight excluding hydrogens is 226 g/mol. The third-order valence-corrected chi connectivity index (χ3v) is 2.97. The van der Waals surface area contributed by atoms with Gasteiger partial charge in [0.15, 0.2) is 0 Å². The van der Waals surface area contributed by atoms with E-state index in [4.69, 9.17) is 0 Å². The molecule has 2 aromatic heterocycles. The van der Waals surface area contributed by atoms with Crippen molar-refractivity contribution in [3.8, 4) is 0 Å². The molecule has 0 saturated carbocycles. The van der Waals surface area contributed by atoms with Crippen LogP contribution in [-0.2, 0) is 13.1 Å². The lowest BCUT2D eigenvalue weighted by Gasteiger charge is -2.11. The van der Waals surface area contributed by atoms with Gasteiger partial charge in [0.25, 0.3) is 0 Å². The average molecular weight is 247 g/mol. The van der Waals surface area contributed by atoms with Gasteiger partial charge in [-0.15, -0.1) is 0 Å². The molecular formula is C13H21N5. The second kappa shape index (κ2) is 5.25. The van der Waals surface area contributed by atoms with E-state index in [0.717, 1.165) is 24.5 Å². The number of nitrogens with zero attached hydrogens (tertiary/aromatic N) is 4. The van der Waals surface area contributed by atoms with E-state index in [-0.39, 0.29) is 0 Å². The molecule has 0 aromatic carbocycles. The van der Waals surface area contributed by atoms with Gasteiger partial charge in [-0.3, -0.25) is 9.36 Å². The van der Waals surface area contributed by atoms with E-state index in [1.165, 1.54) is 5.69 Å². The number of rotatable bonds is 5. The minimum absolute atomic E-state index is 0.385. The minimum Gasteiger partial charge on any atom is -0.377 e. The number of aromatic nitrogens is 4. The normalized spacial score (nSPS) is 11.2. The Bertz CT molecular complexity index is 509. The van der Waals surface area contributed by atoms with Crippen molar-refractivity contribution in [2.75, 3.05) is 5.32 Å². The SMILES string of the molecule is CCn1cc(NCc2ccnn2C(C)C)c(C)n1. The molecule has 98 valence electrons. The Hall–Kier alpha value is -1.78. The van der Waals surface area contributed by atoms with E-state index in [1.54, 1.807) is 0 Å². The Morgan fingerprint density at radius 3 is 2.78 bits per heavy atom. The van der Waals surface area contributed by atoms with Crippen LogP contribution in [0, 0.1) is 6.92 Å². The molecule has 2 aromatic rings. The first kappa shape index (κ1) is 12.7. The number of anilines is 1. The van der Waals surface area contributed by atoms with Crippen molar-refractivity contribution in [1.82, 2.24) is 19.6 Å². The van der Waals surface area contributed by atoms with Crippen LogP contribution in [0.2, 0.25) is 0 Å². The highest BCUT2D eigenvalue weighted by Gasteiger charge is 2.07. The molecule has 2 rings (SSSR count). The molecule has 0 radical (unpaired) electrons. The highest BCUT2D eigenvalue weighted by Crippen LogP contribution is 2.15. The van der Waals surface area contributed by atoms with Gasteiger partial charge in [0.05, 0.1) is 23.6 Å². The Balaban J connectivity index is 2.06. The Morgan fingerprint density at radius 1 is 1.39 bits per heavy atom. The summed E-state index contributed by atoms with van der Waals surface area (Å²) < 4.78 is 3.98. The van der Waals surface area contributed by atoms with Crippen molar-refractivity contribution >= 4 is 5.69 Å². The molecule has 0 fully saturated rings. The van der Waals surface area contributed by atoms with Crippen molar-refractivity contribution in [2.24, 2.45) is 0 Å². The van der Waals surface area contributed by atoms with E-state index < -0.39 is 0 Å². The van der Waals surface area contributed by atoms with Gasteiger partial charge < -0.3 is 5.32 Å². The van der Waals surface area contributed by atoms with E-state index in [2.05, 4.69) is 36.3 Å². The van der Waals surface area contributed by atoms with Gasteiger partial charge in [0.2, 0.25) is 0 Å². The quantitative estimate of drug-likeness (QED) is 0.883. The summed E-state index contributed by atoms with van der Waals surface area (Å²) in [4.78, 5) is 0. The molecule has 0 atom stereocenters. The van der Waals surface area contributed by atoms with Gasteiger partial charge >= 0.3 is 0 Å². The van der Waals surface area contributed by atoms with Crippen molar-refractivity contribution in [2.45, 2.75) is 46.8 Å². The fraction of sp³-hybridized carbons (Fsp3) is 0.538. The summed E-state index contributed by atoms with van der Waals surface area (Å²) >= 11 is 0. The molecule has 0 aliphatic rings. The van der Waals surface area contributed by atoms with Crippen LogP contribution >= 0.6 is 0 Å². The Kier molecular flexibility index (Phi) is 3.69. The van der Waals surface area contributed by atoms with Crippen molar-refractivity contribution in [1.29, 1.82) is 0 Å². The number of aryl methyl sites for hydroxylation is 2. The van der Waals surface area contributed by atoms with Crippen LogP contribution in [0.15, 0.2) is 18.5 Å². The number of hydrogen-bond acceptors (Lipinski definition) is 3. The lowest BCUT2D eigenvalue weighted by Crippen LogP contribution is -2.11. The van der Waals surface area contributed by atoms with Crippen LogP contribution in [0.4, 0.5) is 5.69 Å². The molecule has 0 saturated heterocycles. The zero-order valence-corrected chi connectivity index (χ0v) is 11.5. The summed E-state index contributed by atoms with van der Waals surface area (Å²) in [6, 6.07) is 2.43. The smallest absolute Gasteiger partial charge is 0.0825 e. The Morgan fingerprint density at radius 2 is 2.17 bits per heavy atom. The van der Waals surface area contributed by atoms with Gasteiger partial charge in [-0.05, 0) is 33.8 Å². The largest absolute Gasteiger partial charge is 0.377 e. The topological polar surface area (TPSA) is 47.7 Å². The average Bonchev–Trinajstić information content (AvgIpc) is 2.92. The van der Waals surface area contributed by atoms with E-state index in [9.17, 15) is 0 Å². The predicted octanol–water partition coefficient (Wildman–Crippen LogP) is 2.60. The number of hydrogen-bond donors (Lipinski definition) is 1. The second-order valence-corrected chi connectivity index (χ2v) is 4.70. The summed E-state index contributed by atoms with van der Waals surface area (Å²) in [5.74, 6) is 0. The fourth-order valence-corrected chi connectivity index (χ4v) is 1.99. The fourth-order valence-electron chi connectivity index (χ4n) is 1.99. The summed E-state index contributed by atoms with van der Waals surface area (Å²) in [7, 11) is 0. The summed E-state index contributed by atoms with van der Waals surface area (Å²) in [6.07, 6.45) is 3.89. The van der Waals surface area contributed by atoms with Gasteiger partial charge in [-0.25, -0.2) is 0 Å². The first-order chi connectivity index (χ1) is 8.61. The minimum atomic E-state index is 0.385.